The van der Waals surface area contributed by atoms with Crippen LogP contribution in [0.4, 0.5) is 0 Å². The molecule has 0 aromatic carbocycles. The smallest absolute Gasteiger partial charge is 0.227 e. The van der Waals surface area contributed by atoms with Gasteiger partial charge in [0, 0.05) is 12.6 Å². The topological polar surface area (TPSA) is 76.7 Å². The van der Waals surface area contributed by atoms with Crippen molar-refractivity contribution in [1.82, 2.24) is 25.4 Å². The van der Waals surface area contributed by atoms with E-state index in [-0.39, 0.29) is 0 Å². The van der Waals surface area contributed by atoms with E-state index in [1.807, 2.05) is 6.92 Å². The molecule has 0 amide bonds. The third kappa shape index (κ3) is 2.96. The van der Waals surface area contributed by atoms with Crippen LogP contribution in [0.1, 0.15) is 24.6 Å². The summed E-state index contributed by atoms with van der Waals surface area (Å²) in [5.41, 5.74) is 0.712. The minimum atomic E-state index is 0.546. The SMILES string of the molecule is Cc1nccc(-c2noc(CC3CCCNC3)n2)n1. The maximum Gasteiger partial charge on any atom is 0.227 e. The number of piperidine rings is 1. The third-order valence-corrected chi connectivity index (χ3v) is 3.34. The van der Waals surface area contributed by atoms with Crippen molar-refractivity contribution in [3.8, 4) is 11.5 Å². The Morgan fingerprint density at radius 3 is 3.16 bits per heavy atom. The molecule has 1 fully saturated rings. The van der Waals surface area contributed by atoms with Crippen LogP contribution >= 0.6 is 0 Å². The van der Waals surface area contributed by atoms with Crippen molar-refractivity contribution in [3.05, 3.63) is 24.0 Å². The molecule has 0 saturated carbocycles. The molecule has 100 valence electrons. The molecule has 1 unspecified atom stereocenters. The van der Waals surface area contributed by atoms with Crippen LogP contribution in [0.25, 0.3) is 11.5 Å². The van der Waals surface area contributed by atoms with E-state index < -0.39 is 0 Å². The normalized spacial score (nSPS) is 19.5. The summed E-state index contributed by atoms with van der Waals surface area (Å²) in [5.74, 6) is 2.54. The van der Waals surface area contributed by atoms with Gasteiger partial charge in [-0.25, -0.2) is 9.97 Å². The van der Waals surface area contributed by atoms with E-state index in [9.17, 15) is 0 Å². The zero-order valence-corrected chi connectivity index (χ0v) is 11.0. The molecular formula is C13H17N5O. The van der Waals surface area contributed by atoms with Crippen LogP contribution in [0, 0.1) is 12.8 Å². The first-order chi connectivity index (χ1) is 9.31. The molecule has 2 aromatic rings. The largest absolute Gasteiger partial charge is 0.339 e. The van der Waals surface area contributed by atoms with Crippen molar-refractivity contribution < 1.29 is 4.52 Å². The molecule has 19 heavy (non-hydrogen) atoms. The van der Waals surface area contributed by atoms with Crippen molar-refractivity contribution in [2.45, 2.75) is 26.2 Å². The Balaban J connectivity index is 1.72. The molecule has 0 radical (unpaired) electrons. The molecule has 3 heterocycles. The number of hydrogen-bond donors (Lipinski definition) is 1. The van der Waals surface area contributed by atoms with Crippen molar-refractivity contribution >= 4 is 0 Å². The summed E-state index contributed by atoms with van der Waals surface area (Å²) in [6.45, 7) is 3.99. The van der Waals surface area contributed by atoms with Gasteiger partial charge in [0.05, 0.1) is 0 Å². The van der Waals surface area contributed by atoms with Gasteiger partial charge in [-0.05, 0) is 44.8 Å². The summed E-state index contributed by atoms with van der Waals surface area (Å²) >= 11 is 0. The fourth-order valence-corrected chi connectivity index (χ4v) is 2.37. The Morgan fingerprint density at radius 1 is 1.42 bits per heavy atom. The number of aromatic nitrogens is 4. The van der Waals surface area contributed by atoms with Crippen LogP contribution in [-0.4, -0.2) is 33.2 Å². The van der Waals surface area contributed by atoms with Crippen molar-refractivity contribution in [2.24, 2.45) is 5.92 Å². The summed E-state index contributed by atoms with van der Waals surface area (Å²) < 4.78 is 5.31. The fraction of sp³-hybridized carbons (Fsp3) is 0.538. The second-order valence-electron chi connectivity index (χ2n) is 4.92. The van der Waals surface area contributed by atoms with Gasteiger partial charge in [-0.1, -0.05) is 5.16 Å². The molecule has 1 aliphatic heterocycles. The summed E-state index contributed by atoms with van der Waals surface area (Å²) in [6, 6.07) is 1.80. The maximum atomic E-state index is 5.31. The third-order valence-electron chi connectivity index (χ3n) is 3.34. The number of nitrogens with one attached hydrogen (secondary N) is 1. The van der Waals surface area contributed by atoms with Gasteiger partial charge in [0.15, 0.2) is 0 Å². The Hall–Kier alpha value is -1.82. The molecular weight excluding hydrogens is 242 g/mol. The van der Waals surface area contributed by atoms with Crippen LogP contribution in [0.5, 0.6) is 0 Å². The molecule has 3 rings (SSSR count). The van der Waals surface area contributed by atoms with Gasteiger partial charge in [0.1, 0.15) is 11.5 Å². The van der Waals surface area contributed by atoms with Crippen LogP contribution in [-0.2, 0) is 6.42 Å². The van der Waals surface area contributed by atoms with Crippen LogP contribution in [0.2, 0.25) is 0 Å². The Bertz CT molecular complexity index is 547. The van der Waals surface area contributed by atoms with Gasteiger partial charge < -0.3 is 9.84 Å². The lowest BCUT2D eigenvalue weighted by molar-refractivity contribution is 0.316. The van der Waals surface area contributed by atoms with Crippen LogP contribution in [0.3, 0.4) is 0 Å². The number of rotatable bonds is 3. The van der Waals surface area contributed by atoms with E-state index in [0.29, 0.717) is 29.2 Å². The van der Waals surface area contributed by atoms with Crippen LogP contribution < -0.4 is 5.32 Å². The average Bonchev–Trinajstić information content (AvgIpc) is 2.88. The first-order valence-corrected chi connectivity index (χ1v) is 6.64. The molecule has 2 aromatic heterocycles. The van der Waals surface area contributed by atoms with Gasteiger partial charge in [0.2, 0.25) is 11.7 Å². The first-order valence-electron chi connectivity index (χ1n) is 6.64. The minimum Gasteiger partial charge on any atom is -0.339 e. The van der Waals surface area contributed by atoms with E-state index in [1.165, 1.54) is 12.8 Å². The van der Waals surface area contributed by atoms with Gasteiger partial charge in [0.25, 0.3) is 0 Å². The molecule has 1 atom stereocenters. The summed E-state index contributed by atoms with van der Waals surface area (Å²) in [5, 5.41) is 7.39. The molecule has 0 aliphatic carbocycles. The van der Waals surface area contributed by atoms with Crippen molar-refractivity contribution in [2.75, 3.05) is 13.1 Å². The monoisotopic (exact) mass is 259 g/mol. The zero-order chi connectivity index (χ0) is 13.1. The van der Waals surface area contributed by atoms with Gasteiger partial charge >= 0.3 is 0 Å². The fourth-order valence-electron chi connectivity index (χ4n) is 2.37. The molecule has 6 heteroatoms. The standard InChI is InChI=1S/C13H17N5O/c1-9-15-6-4-11(16-9)13-17-12(19-18-13)7-10-3-2-5-14-8-10/h4,6,10,14H,2-3,5,7-8H2,1H3. The second-order valence-corrected chi connectivity index (χ2v) is 4.92. The van der Waals surface area contributed by atoms with Crippen LogP contribution in [0.15, 0.2) is 16.8 Å². The van der Waals surface area contributed by atoms with E-state index in [2.05, 4.69) is 25.4 Å². The summed E-state index contributed by atoms with van der Waals surface area (Å²) in [4.78, 5) is 12.8. The molecule has 1 aliphatic rings. The highest BCUT2D eigenvalue weighted by Gasteiger charge is 2.18. The molecule has 1 saturated heterocycles. The van der Waals surface area contributed by atoms with E-state index >= 15 is 0 Å². The first kappa shape index (κ1) is 12.2. The molecule has 0 spiro atoms. The quantitative estimate of drug-likeness (QED) is 0.897. The van der Waals surface area contributed by atoms with Gasteiger partial charge in [-0.15, -0.1) is 0 Å². The highest BCUT2D eigenvalue weighted by Crippen LogP contribution is 2.18. The number of hydrogen-bond acceptors (Lipinski definition) is 6. The van der Waals surface area contributed by atoms with Gasteiger partial charge in [-0.2, -0.15) is 4.98 Å². The van der Waals surface area contributed by atoms with E-state index in [4.69, 9.17) is 4.52 Å². The lowest BCUT2D eigenvalue weighted by Crippen LogP contribution is -2.30. The average molecular weight is 259 g/mol. The second kappa shape index (κ2) is 5.44. The predicted octanol–water partition coefficient (Wildman–Crippen LogP) is 1.38. The number of nitrogens with zero attached hydrogens (tertiary/aromatic N) is 4. The maximum absolute atomic E-state index is 5.31. The predicted molar refractivity (Wildman–Crippen MR) is 69.4 cm³/mol. The van der Waals surface area contributed by atoms with Crippen molar-refractivity contribution in [1.29, 1.82) is 0 Å². The lowest BCUT2D eigenvalue weighted by Gasteiger charge is -2.20. The van der Waals surface area contributed by atoms with E-state index in [0.717, 1.165) is 19.5 Å². The highest BCUT2D eigenvalue weighted by atomic mass is 16.5. The molecule has 1 N–H and O–H groups in total. The van der Waals surface area contributed by atoms with Crippen molar-refractivity contribution in [3.63, 3.8) is 0 Å². The Kier molecular flexibility index (Phi) is 3.50. The minimum absolute atomic E-state index is 0.546. The Labute approximate surface area is 111 Å². The number of aryl methyl sites for hydroxylation is 1. The Morgan fingerprint density at radius 2 is 2.37 bits per heavy atom. The van der Waals surface area contributed by atoms with E-state index in [1.54, 1.807) is 12.3 Å². The summed E-state index contributed by atoms with van der Waals surface area (Å²) in [7, 11) is 0. The molecule has 6 nitrogen and oxygen atoms in total. The summed E-state index contributed by atoms with van der Waals surface area (Å²) in [6.07, 6.45) is 4.98. The van der Waals surface area contributed by atoms with Gasteiger partial charge in [-0.3, -0.25) is 0 Å². The molecule has 0 bridgehead atoms. The lowest BCUT2D eigenvalue weighted by atomic mass is 9.96. The highest BCUT2D eigenvalue weighted by molar-refractivity contribution is 5.46. The zero-order valence-electron chi connectivity index (χ0n) is 11.0.